The molecule has 2 nitrogen and oxygen atoms in total. The molecule has 0 saturated carbocycles. The van der Waals surface area contributed by atoms with Crippen molar-refractivity contribution in [1.29, 1.82) is 0 Å². The lowest BCUT2D eigenvalue weighted by Gasteiger charge is -2.12. The largest absolute Gasteiger partial charge is 0.346 e. The molecule has 3 rings (SSSR count). The van der Waals surface area contributed by atoms with Crippen LogP contribution in [0.3, 0.4) is 0 Å². The Morgan fingerprint density at radius 1 is 1.14 bits per heavy atom. The van der Waals surface area contributed by atoms with Gasteiger partial charge in [0.05, 0.1) is 13.2 Å². The van der Waals surface area contributed by atoms with Crippen molar-refractivity contribution in [1.82, 2.24) is 0 Å². The molecule has 0 radical (unpaired) electrons. The van der Waals surface area contributed by atoms with Crippen LogP contribution in [0.2, 0.25) is 0 Å². The predicted octanol–water partition coefficient (Wildman–Crippen LogP) is 0.476. The Bertz CT molecular complexity index is 381. The molecule has 0 amide bonds. The second kappa shape index (κ2) is 3.26. The maximum absolute atomic E-state index is 5.50. The Balaban J connectivity index is 1.95. The first-order valence-corrected chi connectivity index (χ1v) is 4.97. The summed E-state index contributed by atoms with van der Waals surface area (Å²) in [5, 5.41) is 0. The summed E-state index contributed by atoms with van der Waals surface area (Å²) < 4.78 is 11.0. The molecule has 2 aliphatic rings. The zero-order chi connectivity index (χ0) is 9.38. The van der Waals surface area contributed by atoms with E-state index in [0.717, 1.165) is 7.28 Å². The molecule has 1 aromatic carbocycles. The normalized spacial score (nSPS) is 20.4. The molecule has 1 aromatic rings. The molecule has 1 saturated heterocycles. The van der Waals surface area contributed by atoms with Crippen LogP contribution >= 0.6 is 0 Å². The van der Waals surface area contributed by atoms with E-state index in [-0.39, 0.29) is 6.29 Å². The predicted molar refractivity (Wildman–Crippen MR) is 56.9 cm³/mol. The molecular formula is C11H11BO2. The van der Waals surface area contributed by atoms with Gasteiger partial charge in [-0.1, -0.05) is 29.7 Å². The van der Waals surface area contributed by atoms with Crippen molar-refractivity contribution < 1.29 is 9.47 Å². The van der Waals surface area contributed by atoms with Crippen LogP contribution in [0.5, 0.6) is 0 Å². The van der Waals surface area contributed by atoms with Crippen molar-refractivity contribution in [2.24, 2.45) is 0 Å². The van der Waals surface area contributed by atoms with Crippen LogP contribution < -0.4 is 5.46 Å². The molecule has 70 valence electrons. The maximum Gasteiger partial charge on any atom is 0.184 e. The highest BCUT2D eigenvalue weighted by Gasteiger charge is 2.26. The highest BCUT2D eigenvalue weighted by atomic mass is 16.7. The van der Waals surface area contributed by atoms with E-state index in [2.05, 4.69) is 30.2 Å². The fraction of sp³-hybridized carbons (Fsp3) is 0.273. The van der Waals surface area contributed by atoms with Gasteiger partial charge in [0.1, 0.15) is 0 Å². The molecule has 2 aliphatic heterocycles. The molecule has 0 aromatic heterocycles. The van der Waals surface area contributed by atoms with Gasteiger partial charge in [0, 0.05) is 5.57 Å². The Labute approximate surface area is 83.8 Å². The van der Waals surface area contributed by atoms with E-state index in [4.69, 9.17) is 9.47 Å². The smallest absolute Gasteiger partial charge is 0.184 e. The van der Waals surface area contributed by atoms with E-state index in [9.17, 15) is 0 Å². The molecule has 2 heterocycles. The maximum atomic E-state index is 5.50. The highest BCUT2D eigenvalue weighted by molar-refractivity contribution is 6.63. The third-order valence-electron chi connectivity index (χ3n) is 2.75. The van der Waals surface area contributed by atoms with Crippen LogP contribution in [-0.2, 0) is 9.47 Å². The molecule has 0 bridgehead atoms. The van der Waals surface area contributed by atoms with Crippen LogP contribution in [0.15, 0.2) is 30.2 Å². The first-order chi connectivity index (χ1) is 6.95. The number of fused-ring (bicyclic) bond motifs is 1. The molecule has 0 aliphatic carbocycles. The standard InChI is InChI=1S/C11H11BO2/c1-2-4-10-8(3-1)9(7-12-10)11-13-5-6-14-11/h1-4,7,11-12H,5-6H2. The first kappa shape index (κ1) is 8.27. The molecule has 14 heavy (non-hydrogen) atoms. The molecule has 1 fully saturated rings. The van der Waals surface area contributed by atoms with E-state index in [0.29, 0.717) is 13.2 Å². The van der Waals surface area contributed by atoms with Gasteiger partial charge < -0.3 is 9.47 Å². The van der Waals surface area contributed by atoms with Gasteiger partial charge in [0.2, 0.25) is 0 Å². The minimum absolute atomic E-state index is 0.126. The van der Waals surface area contributed by atoms with Crippen molar-refractivity contribution in [2.75, 3.05) is 13.2 Å². The number of hydrogen-bond acceptors (Lipinski definition) is 2. The van der Waals surface area contributed by atoms with Crippen molar-refractivity contribution in [3.8, 4) is 0 Å². The number of hydrogen-bond donors (Lipinski definition) is 0. The molecule has 0 N–H and O–H groups in total. The van der Waals surface area contributed by atoms with Crippen LogP contribution in [-0.4, -0.2) is 26.8 Å². The van der Waals surface area contributed by atoms with Gasteiger partial charge in [-0.3, -0.25) is 0 Å². The number of ether oxygens (including phenoxy) is 2. The van der Waals surface area contributed by atoms with E-state index in [1.54, 1.807) is 0 Å². The Morgan fingerprint density at radius 2 is 1.93 bits per heavy atom. The van der Waals surface area contributed by atoms with Gasteiger partial charge >= 0.3 is 0 Å². The van der Waals surface area contributed by atoms with Crippen LogP contribution in [0.1, 0.15) is 5.56 Å². The van der Waals surface area contributed by atoms with Crippen molar-refractivity contribution in [2.45, 2.75) is 6.29 Å². The Kier molecular flexibility index (Phi) is 1.93. The van der Waals surface area contributed by atoms with Gasteiger partial charge in [-0.25, -0.2) is 0 Å². The molecule has 0 atom stereocenters. The summed E-state index contributed by atoms with van der Waals surface area (Å²) in [6.45, 7) is 1.42. The lowest BCUT2D eigenvalue weighted by molar-refractivity contribution is 0.00713. The Morgan fingerprint density at radius 3 is 2.79 bits per heavy atom. The molecule has 0 spiro atoms. The number of benzene rings is 1. The van der Waals surface area contributed by atoms with Gasteiger partial charge in [0.25, 0.3) is 0 Å². The first-order valence-electron chi connectivity index (χ1n) is 4.97. The highest BCUT2D eigenvalue weighted by Crippen LogP contribution is 2.25. The fourth-order valence-electron chi connectivity index (χ4n) is 2.07. The summed E-state index contributed by atoms with van der Waals surface area (Å²) in [5.74, 6) is 2.21. The van der Waals surface area contributed by atoms with Crippen LogP contribution in [0.4, 0.5) is 0 Å². The van der Waals surface area contributed by atoms with Crippen LogP contribution in [0.25, 0.3) is 5.57 Å². The molecule has 3 heteroatoms. The quantitative estimate of drug-likeness (QED) is 0.593. The Hall–Kier alpha value is -1.06. The zero-order valence-corrected chi connectivity index (χ0v) is 7.90. The van der Waals surface area contributed by atoms with Gasteiger partial charge in [0.15, 0.2) is 13.6 Å². The van der Waals surface area contributed by atoms with E-state index in [1.165, 1.54) is 16.6 Å². The third kappa shape index (κ3) is 1.21. The monoisotopic (exact) mass is 186 g/mol. The van der Waals surface area contributed by atoms with Crippen molar-refractivity contribution in [3.63, 3.8) is 0 Å². The summed E-state index contributed by atoms with van der Waals surface area (Å²) in [5.41, 5.74) is 3.87. The lowest BCUT2D eigenvalue weighted by Crippen LogP contribution is -2.14. The van der Waals surface area contributed by atoms with E-state index < -0.39 is 0 Å². The zero-order valence-electron chi connectivity index (χ0n) is 7.90. The van der Waals surface area contributed by atoms with Crippen LogP contribution in [0, 0.1) is 0 Å². The third-order valence-corrected chi connectivity index (χ3v) is 2.75. The molecule has 0 unspecified atom stereocenters. The van der Waals surface area contributed by atoms with Crippen molar-refractivity contribution in [3.05, 3.63) is 35.8 Å². The summed E-state index contributed by atoms with van der Waals surface area (Å²) in [4.78, 5) is 0. The second-order valence-electron chi connectivity index (χ2n) is 3.59. The summed E-state index contributed by atoms with van der Waals surface area (Å²) >= 11 is 0. The average Bonchev–Trinajstić information content (AvgIpc) is 2.85. The minimum atomic E-state index is -0.126. The molecular weight excluding hydrogens is 175 g/mol. The minimum Gasteiger partial charge on any atom is -0.346 e. The average molecular weight is 186 g/mol. The van der Waals surface area contributed by atoms with Gasteiger partial charge in [-0.05, 0) is 5.56 Å². The van der Waals surface area contributed by atoms with Crippen molar-refractivity contribution >= 4 is 18.3 Å². The lowest BCUT2D eigenvalue weighted by atomic mass is 9.73. The summed E-state index contributed by atoms with van der Waals surface area (Å²) in [7, 11) is 1.01. The summed E-state index contributed by atoms with van der Waals surface area (Å²) in [6, 6.07) is 8.44. The van der Waals surface area contributed by atoms with E-state index >= 15 is 0 Å². The topological polar surface area (TPSA) is 18.5 Å². The van der Waals surface area contributed by atoms with Gasteiger partial charge in [-0.2, -0.15) is 0 Å². The fourth-order valence-corrected chi connectivity index (χ4v) is 2.07. The summed E-state index contributed by atoms with van der Waals surface area (Å²) in [6.07, 6.45) is -0.126. The SMILES string of the molecule is B1C=C(C2OCCO2)c2ccccc21. The number of rotatable bonds is 1. The van der Waals surface area contributed by atoms with E-state index in [1.807, 2.05) is 0 Å². The second-order valence-corrected chi connectivity index (χ2v) is 3.59. The van der Waals surface area contributed by atoms with Gasteiger partial charge in [-0.15, -0.1) is 5.98 Å².